The van der Waals surface area contributed by atoms with E-state index in [1.165, 1.54) is 12.1 Å². The number of amides is 1. The maximum Gasteiger partial charge on any atom is 0.416 e. The fourth-order valence-electron chi connectivity index (χ4n) is 2.86. The lowest BCUT2D eigenvalue weighted by atomic mass is 9.93. The Morgan fingerprint density at radius 3 is 2.33 bits per heavy atom. The molecular formula is C16H16F3N3O2. The average molecular weight is 339 g/mol. The monoisotopic (exact) mass is 339 g/mol. The number of carbonyl (C=O) groups excluding carboxylic acids is 1. The number of aromatic nitrogens is 1. The SMILES string of the molecule is Nc1cc(C2CCN(C(=O)c3ccc(C(F)(F)F)cc3)CC2)no1. The van der Waals surface area contributed by atoms with E-state index >= 15 is 0 Å². The zero-order chi connectivity index (χ0) is 17.3. The Balaban J connectivity index is 1.63. The molecule has 1 fully saturated rings. The molecule has 1 aliphatic rings. The van der Waals surface area contributed by atoms with E-state index in [0.717, 1.165) is 17.8 Å². The van der Waals surface area contributed by atoms with Gasteiger partial charge in [0.05, 0.1) is 11.3 Å². The highest BCUT2D eigenvalue weighted by Gasteiger charge is 2.31. The maximum absolute atomic E-state index is 12.6. The highest BCUT2D eigenvalue weighted by atomic mass is 19.4. The second-order valence-electron chi connectivity index (χ2n) is 5.80. The smallest absolute Gasteiger partial charge is 0.368 e. The number of nitrogen functional groups attached to an aromatic ring is 1. The minimum Gasteiger partial charge on any atom is -0.368 e. The van der Waals surface area contributed by atoms with E-state index in [0.29, 0.717) is 25.9 Å². The Morgan fingerprint density at radius 1 is 1.21 bits per heavy atom. The summed E-state index contributed by atoms with van der Waals surface area (Å²) < 4.78 is 42.5. The number of alkyl halides is 3. The van der Waals surface area contributed by atoms with Crippen LogP contribution in [0.3, 0.4) is 0 Å². The van der Waals surface area contributed by atoms with Crippen molar-refractivity contribution < 1.29 is 22.5 Å². The standard InChI is InChI=1S/C16H16F3N3O2/c17-16(18,19)12-3-1-11(2-4-12)15(23)22-7-5-10(6-8-22)13-9-14(20)24-21-13/h1-4,9-10H,5-8,20H2. The number of hydrogen-bond donors (Lipinski definition) is 1. The molecule has 0 saturated carbocycles. The van der Waals surface area contributed by atoms with E-state index < -0.39 is 11.7 Å². The van der Waals surface area contributed by atoms with Crippen LogP contribution < -0.4 is 5.73 Å². The second kappa shape index (κ2) is 6.18. The van der Waals surface area contributed by atoms with E-state index in [1.807, 2.05) is 0 Å². The highest BCUT2D eigenvalue weighted by molar-refractivity contribution is 5.94. The normalized spacial score (nSPS) is 16.4. The van der Waals surface area contributed by atoms with Crippen LogP contribution in [0.2, 0.25) is 0 Å². The Bertz CT molecular complexity index is 717. The zero-order valence-corrected chi connectivity index (χ0v) is 12.7. The van der Waals surface area contributed by atoms with E-state index in [1.54, 1.807) is 11.0 Å². The predicted octanol–water partition coefficient (Wildman–Crippen LogP) is 3.30. The number of nitrogens with two attached hydrogens (primary N) is 1. The molecular weight excluding hydrogens is 323 g/mol. The van der Waals surface area contributed by atoms with Gasteiger partial charge in [0.1, 0.15) is 0 Å². The molecule has 2 N–H and O–H groups in total. The summed E-state index contributed by atoms with van der Waals surface area (Å²) in [7, 11) is 0. The van der Waals surface area contributed by atoms with E-state index in [4.69, 9.17) is 10.3 Å². The number of piperidine rings is 1. The van der Waals surface area contributed by atoms with Crippen molar-refractivity contribution >= 4 is 11.8 Å². The van der Waals surface area contributed by atoms with Gasteiger partial charge in [0, 0.05) is 30.6 Å². The number of carbonyl (C=O) groups is 1. The lowest BCUT2D eigenvalue weighted by Crippen LogP contribution is -2.38. The molecule has 128 valence electrons. The van der Waals surface area contributed by atoms with E-state index in [2.05, 4.69) is 5.16 Å². The van der Waals surface area contributed by atoms with Gasteiger partial charge in [0.25, 0.3) is 5.91 Å². The summed E-state index contributed by atoms with van der Waals surface area (Å²) in [5, 5.41) is 3.89. The van der Waals surface area contributed by atoms with Gasteiger partial charge in [-0.25, -0.2) is 0 Å². The lowest BCUT2D eigenvalue weighted by molar-refractivity contribution is -0.137. The van der Waals surface area contributed by atoms with Crippen LogP contribution in [0.5, 0.6) is 0 Å². The van der Waals surface area contributed by atoms with Crippen LogP contribution in [-0.2, 0) is 6.18 Å². The number of likely N-dealkylation sites (tertiary alicyclic amines) is 1. The maximum atomic E-state index is 12.6. The van der Waals surface area contributed by atoms with Crippen LogP contribution >= 0.6 is 0 Å². The highest BCUT2D eigenvalue weighted by Crippen LogP contribution is 2.31. The third-order valence-electron chi connectivity index (χ3n) is 4.21. The molecule has 24 heavy (non-hydrogen) atoms. The van der Waals surface area contributed by atoms with Crippen molar-refractivity contribution in [3.05, 3.63) is 47.2 Å². The van der Waals surface area contributed by atoms with Crippen LogP contribution in [0, 0.1) is 0 Å². The van der Waals surface area contributed by atoms with Gasteiger partial charge in [-0.2, -0.15) is 13.2 Å². The van der Waals surface area contributed by atoms with Gasteiger partial charge in [-0.1, -0.05) is 5.16 Å². The molecule has 0 spiro atoms. The molecule has 3 rings (SSSR count). The predicted molar refractivity (Wildman–Crippen MR) is 80.2 cm³/mol. The molecule has 8 heteroatoms. The molecule has 1 aliphatic heterocycles. The van der Waals surface area contributed by atoms with Crippen molar-refractivity contribution in [1.29, 1.82) is 0 Å². The third kappa shape index (κ3) is 3.37. The largest absolute Gasteiger partial charge is 0.416 e. The van der Waals surface area contributed by atoms with Gasteiger partial charge in [-0.15, -0.1) is 0 Å². The molecule has 0 unspecified atom stereocenters. The molecule has 5 nitrogen and oxygen atoms in total. The number of rotatable bonds is 2. The molecule has 0 atom stereocenters. The molecule has 1 aromatic heterocycles. The van der Waals surface area contributed by atoms with Gasteiger partial charge in [-0.05, 0) is 37.1 Å². The summed E-state index contributed by atoms with van der Waals surface area (Å²) >= 11 is 0. The molecule has 1 amide bonds. The molecule has 2 heterocycles. The number of nitrogens with zero attached hydrogens (tertiary/aromatic N) is 2. The molecule has 0 radical (unpaired) electrons. The molecule has 1 aromatic carbocycles. The zero-order valence-electron chi connectivity index (χ0n) is 12.7. The van der Waals surface area contributed by atoms with Crippen LogP contribution in [0.15, 0.2) is 34.9 Å². The molecule has 2 aromatic rings. The fourth-order valence-corrected chi connectivity index (χ4v) is 2.86. The van der Waals surface area contributed by atoms with E-state index in [-0.39, 0.29) is 23.3 Å². The van der Waals surface area contributed by atoms with E-state index in [9.17, 15) is 18.0 Å². The Labute approximate surface area is 136 Å². The first-order valence-electron chi connectivity index (χ1n) is 7.53. The van der Waals surface area contributed by atoms with Crippen molar-refractivity contribution in [3.8, 4) is 0 Å². The summed E-state index contributed by atoms with van der Waals surface area (Å²) in [4.78, 5) is 14.0. The topological polar surface area (TPSA) is 72.4 Å². The van der Waals surface area contributed by atoms with Crippen LogP contribution in [0.4, 0.5) is 19.1 Å². The van der Waals surface area contributed by atoms with Crippen molar-refractivity contribution in [2.24, 2.45) is 0 Å². The van der Waals surface area contributed by atoms with Crippen LogP contribution in [0.25, 0.3) is 0 Å². The van der Waals surface area contributed by atoms with Crippen molar-refractivity contribution in [2.75, 3.05) is 18.8 Å². The Kier molecular flexibility index (Phi) is 4.21. The van der Waals surface area contributed by atoms with Crippen molar-refractivity contribution in [3.63, 3.8) is 0 Å². The Morgan fingerprint density at radius 2 is 1.83 bits per heavy atom. The average Bonchev–Trinajstić information content (AvgIpc) is 3.00. The number of anilines is 1. The molecule has 0 bridgehead atoms. The number of hydrogen-bond acceptors (Lipinski definition) is 4. The summed E-state index contributed by atoms with van der Waals surface area (Å²) in [5.41, 5.74) is 5.77. The fraction of sp³-hybridized carbons (Fsp3) is 0.375. The third-order valence-corrected chi connectivity index (χ3v) is 4.21. The Hall–Kier alpha value is -2.51. The summed E-state index contributed by atoms with van der Waals surface area (Å²) in [5.74, 6) is 0.165. The van der Waals surface area contributed by atoms with Gasteiger partial charge in [0.15, 0.2) is 0 Å². The number of halogens is 3. The van der Waals surface area contributed by atoms with Crippen LogP contribution in [-0.4, -0.2) is 29.1 Å². The van der Waals surface area contributed by atoms with Crippen molar-refractivity contribution in [1.82, 2.24) is 10.1 Å². The van der Waals surface area contributed by atoms with Crippen LogP contribution in [0.1, 0.15) is 40.4 Å². The summed E-state index contributed by atoms with van der Waals surface area (Å²) in [6, 6.07) is 5.97. The molecule has 0 aliphatic carbocycles. The minimum atomic E-state index is -4.40. The van der Waals surface area contributed by atoms with Crippen molar-refractivity contribution in [2.45, 2.75) is 24.9 Å². The van der Waals surface area contributed by atoms with Gasteiger partial charge < -0.3 is 15.2 Å². The quantitative estimate of drug-likeness (QED) is 0.911. The molecule has 1 saturated heterocycles. The minimum absolute atomic E-state index is 0.169. The van der Waals surface area contributed by atoms with Gasteiger partial charge in [0.2, 0.25) is 5.88 Å². The van der Waals surface area contributed by atoms with Gasteiger partial charge >= 0.3 is 6.18 Å². The summed E-state index contributed by atoms with van der Waals surface area (Å²) in [6.07, 6.45) is -2.99. The van der Waals surface area contributed by atoms with Gasteiger partial charge in [-0.3, -0.25) is 4.79 Å². The second-order valence-corrected chi connectivity index (χ2v) is 5.80. The number of benzene rings is 1. The first-order valence-corrected chi connectivity index (χ1v) is 7.53. The first-order chi connectivity index (χ1) is 11.3. The summed E-state index contributed by atoms with van der Waals surface area (Å²) in [6.45, 7) is 1.02. The first kappa shape index (κ1) is 16.4. The lowest BCUT2D eigenvalue weighted by Gasteiger charge is -2.31.